The molecule has 3 N–H and O–H groups in total. The summed E-state index contributed by atoms with van der Waals surface area (Å²) >= 11 is 5.86. The van der Waals surface area contributed by atoms with Gasteiger partial charge in [0.2, 0.25) is 0 Å². The summed E-state index contributed by atoms with van der Waals surface area (Å²) in [5.74, 6) is 0.233. The monoisotopic (exact) mass is 331 g/mol. The van der Waals surface area contributed by atoms with Gasteiger partial charge >= 0.3 is 6.03 Å². The number of para-hydroxylation sites is 2. The molecule has 0 unspecified atom stereocenters. The highest BCUT2D eigenvalue weighted by Crippen LogP contribution is 2.26. The highest BCUT2D eigenvalue weighted by Gasteiger charge is 2.26. The maximum Gasteiger partial charge on any atom is 0.320 e. The molecule has 2 aromatic rings. The summed E-state index contributed by atoms with van der Waals surface area (Å²) in [6.45, 7) is 0.0474. The molecule has 0 spiro atoms. The van der Waals surface area contributed by atoms with Gasteiger partial charge in [-0.3, -0.25) is 4.79 Å². The molecule has 0 aliphatic carbocycles. The van der Waals surface area contributed by atoms with Crippen molar-refractivity contribution in [2.45, 2.75) is 6.04 Å². The average Bonchev–Trinajstić information content (AvgIpc) is 2.67. The first-order chi connectivity index (χ1) is 11.1. The van der Waals surface area contributed by atoms with Crippen molar-refractivity contribution in [2.75, 3.05) is 17.2 Å². The van der Waals surface area contributed by atoms with Gasteiger partial charge in [0.05, 0.1) is 5.69 Å². The molecular weight excluding hydrogens is 318 g/mol. The number of halogens is 1. The predicted molar refractivity (Wildman–Crippen MR) is 88.0 cm³/mol. The summed E-state index contributed by atoms with van der Waals surface area (Å²) in [6.07, 6.45) is 0. The number of carbonyl (C=O) groups excluding carboxylic acids is 2. The van der Waals surface area contributed by atoms with Crippen LogP contribution >= 0.6 is 11.6 Å². The number of rotatable bonds is 2. The van der Waals surface area contributed by atoms with Gasteiger partial charge in [0.15, 0.2) is 0 Å². The Morgan fingerprint density at radius 2 is 2.04 bits per heavy atom. The molecule has 7 heteroatoms. The van der Waals surface area contributed by atoms with Crippen molar-refractivity contribution in [3.8, 4) is 5.75 Å². The molecule has 1 atom stereocenters. The maximum absolute atomic E-state index is 12.2. The topological polar surface area (TPSA) is 79.5 Å². The first-order valence-corrected chi connectivity index (χ1v) is 7.35. The second-order valence-electron chi connectivity index (χ2n) is 4.96. The fraction of sp³-hybridized carbons (Fsp3) is 0.125. The molecule has 118 valence electrons. The van der Waals surface area contributed by atoms with Crippen LogP contribution in [0.3, 0.4) is 0 Å². The lowest BCUT2D eigenvalue weighted by Gasteiger charge is -2.15. The summed E-state index contributed by atoms with van der Waals surface area (Å²) < 4.78 is 5.55. The van der Waals surface area contributed by atoms with Crippen molar-refractivity contribution >= 4 is 34.9 Å². The van der Waals surface area contributed by atoms with E-state index in [2.05, 4.69) is 16.0 Å². The first-order valence-electron chi connectivity index (χ1n) is 6.97. The number of anilines is 2. The van der Waals surface area contributed by atoms with Crippen LogP contribution in [0.15, 0.2) is 48.5 Å². The Hall–Kier alpha value is -2.73. The molecule has 1 aliphatic rings. The third kappa shape index (κ3) is 3.73. The standard InChI is InChI=1S/C16H14ClN3O3/c17-10-4-3-5-11(8-10)18-16(22)20-13-9-23-14-7-2-1-6-12(14)19-15(13)21/h1-8,13H,9H2,(H,19,21)(H2,18,20,22)/t13-/m1/s1. The van der Waals surface area contributed by atoms with Gasteiger partial charge in [-0.2, -0.15) is 0 Å². The molecule has 23 heavy (non-hydrogen) atoms. The normalized spacial score (nSPS) is 16.4. The van der Waals surface area contributed by atoms with Gasteiger partial charge in [0.25, 0.3) is 5.91 Å². The van der Waals surface area contributed by atoms with E-state index in [1.807, 2.05) is 6.07 Å². The molecule has 3 rings (SSSR count). The molecular formula is C16H14ClN3O3. The lowest BCUT2D eigenvalue weighted by atomic mass is 10.2. The van der Waals surface area contributed by atoms with Crippen molar-refractivity contribution < 1.29 is 14.3 Å². The van der Waals surface area contributed by atoms with Gasteiger partial charge in [-0.25, -0.2) is 4.79 Å². The molecule has 1 aliphatic heterocycles. The van der Waals surface area contributed by atoms with E-state index in [1.165, 1.54) is 0 Å². The van der Waals surface area contributed by atoms with Gasteiger partial charge in [0, 0.05) is 10.7 Å². The lowest BCUT2D eigenvalue weighted by molar-refractivity contribution is -0.118. The van der Waals surface area contributed by atoms with E-state index in [0.717, 1.165) is 0 Å². The summed E-state index contributed by atoms with van der Waals surface area (Å²) in [5, 5.41) is 8.43. The molecule has 0 saturated heterocycles. The van der Waals surface area contributed by atoms with Crippen molar-refractivity contribution in [1.29, 1.82) is 0 Å². The van der Waals surface area contributed by atoms with Crippen molar-refractivity contribution in [3.63, 3.8) is 0 Å². The largest absolute Gasteiger partial charge is 0.489 e. The summed E-state index contributed by atoms with van der Waals surface area (Å²) in [6, 6.07) is 12.5. The molecule has 1 heterocycles. The van der Waals surface area contributed by atoms with Crippen LogP contribution < -0.4 is 20.7 Å². The Kier molecular flexibility index (Phi) is 4.34. The molecule has 3 amide bonds. The van der Waals surface area contributed by atoms with Gasteiger partial charge in [0.1, 0.15) is 18.4 Å². The van der Waals surface area contributed by atoms with Gasteiger partial charge in [-0.1, -0.05) is 29.8 Å². The number of amides is 3. The number of benzene rings is 2. The quantitative estimate of drug-likeness (QED) is 0.791. The Morgan fingerprint density at radius 3 is 2.87 bits per heavy atom. The van der Waals surface area contributed by atoms with E-state index in [4.69, 9.17) is 16.3 Å². The van der Waals surface area contributed by atoms with Gasteiger partial charge in [-0.05, 0) is 30.3 Å². The predicted octanol–water partition coefficient (Wildman–Crippen LogP) is 2.86. The number of hydrogen-bond donors (Lipinski definition) is 3. The van der Waals surface area contributed by atoms with Crippen molar-refractivity contribution in [2.24, 2.45) is 0 Å². The van der Waals surface area contributed by atoms with Crippen LogP contribution in [0.1, 0.15) is 0 Å². The molecule has 0 aromatic heterocycles. The Balaban J connectivity index is 1.64. The van der Waals surface area contributed by atoms with Gasteiger partial charge in [-0.15, -0.1) is 0 Å². The minimum Gasteiger partial charge on any atom is -0.489 e. The third-order valence-electron chi connectivity index (χ3n) is 3.25. The third-order valence-corrected chi connectivity index (χ3v) is 3.49. The zero-order valence-corrected chi connectivity index (χ0v) is 12.8. The fourth-order valence-corrected chi connectivity index (χ4v) is 2.35. The molecule has 0 radical (unpaired) electrons. The van der Waals surface area contributed by atoms with Crippen LogP contribution in [0.25, 0.3) is 0 Å². The molecule has 6 nitrogen and oxygen atoms in total. The smallest absolute Gasteiger partial charge is 0.320 e. The summed E-state index contributed by atoms with van der Waals surface area (Å²) in [7, 11) is 0. The molecule has 0 bridgehead atoms. The van der Waals surface area contributed by atoms with E-state index in [-0.39, 0.29) is 12.5 Å². The van der Waals surface area contributed by atoms with Crippen molar-refractivity contribution in [3.05, 3.63) is 53.6 Å². The highest BCUT2D eigenvalue weighted by atomic mass is 35.5. The van der Waals surface area contributed by atoms with E-state index >= 15 is 0 Å². The van der Waals surface area contributed by atoms with Crippen molar-refractivity contribution in [1.82, 2.24) is 5.32 Å². The lowest BCUT2D eigenvalue weighted by Crippen LogP contribution is -2.47. The summed E-state index contributed by atoms with van der Waals surface area (Å²) in [4.78, 5) is 24.2. The fourth-order valence-electron chi connectivity index (χ4n) is 2.16. The van der Waals surface area contributed by atoms with E-state index in [1.54, 1.807) is 42.5 Å². The number of ether oxygens (including phenoxy) is 1. The Labute approximate surface area is 137 Å². The van der Waals surface area contributed by atoms with Crippen LogP contribution in [-0.2, 0) is 4.79 Å². The van der Waals surface area contributed by atoms with E-state index in [0.29, 0.717) is 22.1 Å². The van der Waals surface area contributed by atoms with Crippen LogP contribution in [0.4, 0.5) is 16.2 Å². The Morgan fingerprint density at radius 1 is 1.22 bits per heavy atom. The Bertz CT molecular complexity index is 751. The average molecular weight is 332 g/mol. The second kappa shape index (κ2) is 6.58. The highest BCUT2D eigenvalue weighted by molar-refractivity contribution is 6.30. The maximum atomic E-state index is 12.2. The molecule has 2 aromatic carbocycles. The minimum atomic E-state index is -0.804. The zero-order valence-electron chi connectivity index (χ0n) is 12.0. The number of carbonyl (C=O) groups is 2. The number of nitrogens with one attached hydrogen (secondary N) is 3. The number of hydrogen-bond acceptors (Lipinski definition) is 3. The molecule has 0 saturated carbocycles. The van der Waals surface area contributed by atoms with Crippen LogP contribution in [0.2, 0.25) is 5.02 Å². The minimum absolute atomic E-state index is 0.0474. The van der Waals surface area contributed by atoms with Crippen LogP contribution in [0, 0.1) is 0 Å². The zero-order chi connectivity index (χ0) is 16.2. The SMILES string of the molecule is O=C(Nc1cccc(Cl)c1)N[C@@H]1COc2ccccc2NC1=O. The summed E-state index contributed by atoms with van der Waals surface area (Å²) in [5.41, 5.74) is 1.12. The number of fused-ring (bicyclic) bond motifs is 1. The number of urea groups is 1. The van der Waals surface area contributed by atoms with Crippen LogP contribution in [-0.4, -0.2) is 24.6 Å². The van der Waals surface area contributed by atoms with Crippen LogP contribution in [0.5, 0.6) is 5.75 Å². The van der Waals surface area contributed by atoms with E-state index in [9.17, 15) is 9.59 Å². The first kappa shape index (κ1) is 15.2. The second-order valence-corrected chi connectivity index (χ2v) is 5.39. The molecule has 0 fully saturated rings. The van der Waals surface area contributed by atoms with E-state index < -0.39 is 12.1 Å². The van der Waals surface area contributed by atoms with Gasteiger partial charge < -0.3 is 20.7 Å².